The van der Waals surface area contributed by atoms with Crippen LogP contribution in [0.4, 0.5) is 0 Å². The molecule has 0 atom stereocenters. The number of aromatic nitrogens is 3. The maximum Gasteiger partial charge on any atom is 0.164 e. The molecule has 5 nitrogen and oxygen atoms in total. The third kappa shape index (κ3) is 4.96. The van der Waals surface area contributed by atoms with Crippen LogP contribution in [0.15, 0.2) is 197 Å². The fourth-order valence-electron chi connectivity index (χ4n) is 9.33. The molecule has 0 fully saturated rings. The molecule has 60 heavy (non-hydrogen) atoms. The Balaban J connectivity index is 1.03. The largest absolute Gasteiger partial charge is 0.456 e. The van der Waals surface area contributed by atoms with Crippen molar-refractivity contribution in [2.45, 2.75) is 0 Å². The first kappa shape index (κ1) is 32.9. The summed E-state index contributed by atoms with van der Waals surface area (Å²) >= 11 is 0. The van der Waals surface area contributed by atoms with Gasteiger partial charge in [0.25, 0.3) is 0 Å². The first-order chi connectivity index (χ1) is 29.7. The fraction of sp³-hybridized carbons (Fsp3) is 0. The highest BCUT2D eigenvalue weighted by atomic mass is 16.3. The molecule has 0 aliphatic rings. The van der Waals surface area contributed by atoms with Gasteiger partial charge in [-0.25, -0.2) is 15.0 Å². The first-order valence-corrected chi connectivity index (χ1v) is 20.2. The molecule has 3 aromatic heterocycles. The Bertz CT molecular complexity index is 3910. The monoisotopic (exact) mass is 765 g/mol. The SMILES string of the molecule is c1ccc2c(c1)ccc1cc(-c3nc(-c4ccc5c(ccc6oc7ccccc7c65)c4)nc(-c4ccc(-c5cccc6oc7ccccc7c56)c5ccccc45)n3)ccc12. The summed E-state index contributed by atoms with van der Waals surface area (Å²) in [5.41, 5.74) is 8.51. The van der Waals surface area contributed by atoms with Crippen molar-refractivity contribution in [1.82, 2.24) is 15.0 Å². The third-order valence-corrected chi connectivity index (χ3v) is 12.1. The molecule has 0 aliphatic heterocycles. The molecule has 0 bridgehead atoms. The summed E-state index contributed by atoms with van der Waals surface area (Å²) in [5, 5.41) is 13.6. The molecule has 13 aromatic rings. The number of hydrogen-bond donors (Lipinski definition) is 0. The van der Waals surface area contributed by atoms with Crippen LogP contribution in [0.3, 0.4) is 0 Å². The summed E-state index contributed by atoms with van der Waals surface area (Å²) in [4.78, 5) is 15.8. The van der Waals surface area contributed by atoms with E-state index < -0.39 is 0 Å². The van der Waals surface area contributed by atoms with E-state index in [0.717, 1.165) is 98.6 Å². The first-order valence-electron chi connectivity index (χ1n) is 20.2. The van der Waals surface area contributed by atoms with Gasteiger partial charge in [-0.1, -0.05) is 146 Å². The molecule has 278 valence electrons. The summed E-state index contributed by atoms with van der Waals surface area (Å²) in [6.07, 6.45) is 0. The van der Waals surface area contributed by atoms with Crippen LogP contribution in [0, 0.1) is 0 Å². The molecular formula is C55H31N3O2. The lowest BCUT2D eigenvalue weighted by molar-refractivity contribution is 0.668. The van der Waals surface area contributed by atoms with Crippen LogP contribution in [0.25, 0.3) is 132 Å². The van der Waals surface area contributed by atoms with E-state index in [9.17, 15) is 0 Å². The van der Waals surface area contributed by atoms with Crippen LogP contribution >= 0.6 is 0 Å². The molecule has 0 N–H and O–H groups in total. The summed E-state index contributed by atoms with van der Waals surface area (Å²) in [7, 11) is 0. The normalized spacial score (nSPS) is 12.0. The fourth-order valence-corrected chi connectivity index (χ4v) is 9.33. The van der Waals surface area contributed by atoms with Crippen molar-refractivity contribution in [3.05, 3.63) is 188 Å². The summed E-state index contributed by atoms with van der Waals surface area (Å²) in [5.74, 6) is 1.83. The number of rotatable bonds is 4. The van der Waals surface area contributed by atoms with Crippen molar-refractivity contribution >= 4 is 87.0 Å². The molecule has 0 spiro atoms. The van der Waals surface area contributed by atoms with E-state index in [1.54, 1.807) is 0 Å². The van der Waals surface area contributed by atoms with Gasteiger partial charge in [0.15, 0.2) is 17.5 Å². The summed E-state index contributed by atoms with van der Waals surface area (Å²) in [6.45, 7) is 0. The molecule has 0 unspecified atom stereocenters. The van der Waals surface area contributed by atoms with E-state index in [0.29, 0.717) is 17.5 Å². The van der Waals surface area contributed by atoms with Crippen LogP contribution in [0.2, 0.25) is 0 Å². The molecule has 3 heterocycles. The van der Waals surface area contributed by atoms with Gasteiger partial charge in [0.1, 0.15) is 22.3 Å². The van der Waals surface area contributed by atoms with E-state index in [1.807, 2.05) is 30.3 Å². The highest BCUT2D eigenvalue weighted by molar-refractivity contribution is 6.19. The average Bonchev–Trinajstić information content (AvgIpc) is 3.90. The number of para-hydroxylation sites is 2. The van der Waals surface area contributed by atoms with Gasteiger partial charge in [-0.15, -0.1) is 0 Å². The highest BCUT2D eigenvalue weighted by Gasteiger charge is 2.20. The predicted octanol–water partition coefficient (Wildman–Crippen LogP) is 15.0. The van der Waals surface area contributed by atoms with Gasteiger partial charge in [0, 0.05) is 38.2 Å². The van der Waals surface area contributed by atoms with Crippen molar-refractivity contribution in [3.8, 4) is 45.3 Å². The summed E-state index contributed by atoms with van der Waals surface area (Å²) in [6, 6.07) is 65.7. The Labute approximate surface area is 342 Å². The minimum atomic E-state index is 0.607. The molecule has 13 rings (SSSR count). The zero-order chi connectivity index (χ0) is 39.3. The van der Waals surface area contributed by atoms with Crippen LogP contribution in [0.5, 0.6) is 0 Å². The van der Waals surface area contributed by atoms with Crippen molar-refractivity contribution < 1.29 is 8.83 Å². The van der Waals surface area contributed by atoms with Gasteiger partial charge in [0.2, 0.25) is 0 Å². The van der Waals surface area contributed by atoms with Crippen molar-refractivity contribution in [2.24, 2.45) is 0 Å². The molecule has 0 radical (unpaired) electrons. The van der Waals surface area contributed by atoms with Gasteiger partial charge < -0.3 is 8.83 Å². The number of nitrogens with zero attached hydrogens (tertiary/aromatic N) is 3. The molecule has 0 saturated carbocycles. The maximum absolute atomic E-state index is 6.31. The Morgan fingerprint density at radius 3 is 1.52 bits per heavy atom. The zero-order valence-electron chi connectivity index (χ0n) is 32.1. The number of benzene rings is 10. The molecule has 0 saturated heterocycles. The number of fused-ring (bicyclic) bond motifs is 12. The van der Waals surface area contributed by atoms with Gasteiger partial charge in [-0.05, 0) is 96.7 Å². The van der Waals surface area contributed by atoms with Crippen molar-refractivity contribution in [1.29, 1.82) is 0 Å². The van der Waals surface area contributed by atoms with Crippen molar-refractivity contribution in [3.63, 3.8) is 0 Å². The zero-order valence-corrected chi connectivity index (χ0v) is 32.1. The van der Waals surface area contributed by atoms with Gasteiger partial charge in [-0.3, -0.25) is 0 Å². The average molecular weight is 766 g/mol. The van der Waals surface area contributed by atoms with E-state index in [1.165, 1.54) is 16.2 Å². The van der Waals surface area contributed by atoms with Gasteiger partial charge in [-0.2, -0.15) is 0 Å². The molecule has 0 amide bonds. The lowest BCUT2D eigenvalue weighted by Gasteiger charge is -2.14. The topological polar surface area (TPSA) is 65.0 Å². The van der Waals surface area contributed by atoms with Crippen LogP contribution in [0.1, 0.15) is 0 Å². The molecule has 5 heteroatoms. The highest BCUT2D eigenvalue weighted by Crippen LogP contribution is 2.42. The Kier molecular flexibility index (Phi) is 6.95. The Hall–Kier alpha value is -8.15. The smallest absolute Gasteiger partial charge is 0.164 e. The second kappa shape index (κ2) is 12.7. The third-order valence-electron chi connectivity index (χ3n) is 12.1. The van der Waals surface area contributed by atoms with E-state index in [2.05, 4.69) is 158 Å². The Morgan fingerprint density at radius 1 is 0.267 bits per heavy atom. The standard InChI is InChI=1S/C55H31N3O2/c1-2-11-37-32(10-1)20-21-33-30-35(22-25-38(33)37)53-56-54(36-23-26-39-34(31-36)24-29-50-51(39)45-14-5-7-17-47(45)60-50)58-55(57-53)44-28-27-42(40-12-3-4-13-41(40)44)43-16-9-19-49-52(43)46-15-6-8-18-48(46)59-49/h1-31H. The second-order valence-corrected chi connectivity index (χ2v) is 15.5. The van der Waals surface area contributed by atoms with Gasteiger partial charge in [0.05, 0.1) is 0 Å². The minimum Gasteiger partial charge on any atom is -0.456 e. The van der Waals surface area contributed by atoms with Crippen LogP contribution in [-0.2, 0) is 0 Å². The molecule has 10 aromatic carbocycles. The van der Waals surface area contributed by atoms with Crippen LogP contribution < -0.4 is 0 Å². The lowest BCUT2D eigenvalue weighted by atomic mass is 9.92. The van der Waals surface area contributed by atoms with Crippen molar-refractivity contribution in [2.75, 3.05) is 0 Å². The minimum absolute atomic E-state index is 0.607. The Morgan fingerprint density at radius 2 is 0.767 bits per heavy atom. The summed E-state index contributed by atoms with van der Waals surface area (Å²) < 4.78 is 12.5. The predicted molar refractivity (Wildman–Crippen MR) is 246 cm³/mol. The van der Waals surface area contributed by atoms with Crippen LogP contribution in [-0.4, -0.2) is 15.0 Å². The second-order valence-electron chi connectivity index (χ2n) is 15.5. The van der Waals surface area contributed by atoms with E-state index >= 15 is 0 Å². The lowest BCUT2D eigenvalue weighted by Crippen LogP contribution is -2.01. The molecule has 0 aliphatic carbocycles. The van der Waals surface area contributed by atoms with Gasteiger partial charge >= 0.3 is 0 Å². The maximum atomic E-state index is 6.31. The van der Waals surface area contributed by atoms with E-state index in [4.69, 9.17) is 23.8 Å². The number of hydrogen-bond acceptors (Lipinski definition) is 5. The quantitative estimate of drug-likeness (QED) is 0.167. The van der Waals surface area contributed by atoms with E-state index in [-0.39, 0.29) is 0 Å². The molecular weight excluding hydrogens is 735 g/mol. The number of furan rings is 2.